The second-order valence-corrected chi connectivity index (χ2v) is 9.41. The summed E-state index contributed by atoms with van der Waals surface area (Å²) in [4.78, 5) is 17.9. The summed E-state index contributed by atoms with van der Waals surface area (Å²) >= 11 is 0. The molecule has 0 aliphatic rings. The number of rotatable bonds is 4. The topological polar surface area (TPSA) is 112 Å². The SMILES string of the molecule is CN(C)S(=O)(=O)c1cccc(Nc2ccnc(C(C)(C)C)n2)c1.O=C(O)C(F)(F)F. The summed E-state index contributed by atoms with van der Waals surface area (Å²) in [5.41, 5.74) is 0.500. The fraction of sp³-hybridized carbons (Fsp3) is 0.389. The lowest BCUT2D eigenvalue weighted by molar-refractivity contribution is -0.192. The first-order chi connectivity index (χ1) is 13.5. The van der Waals surface area contributed by atoms with Crippen LogP contribution >= 0.6 is 0 Å². The van der Waals surface area contributed by atoms with Gasteiger partial charge in [-0.2, -0.15) is 13.2 Å². The van der Waals surface area contributed by atoms with Crippen molar-refractivity contribution in [1.29, 1.82) is 0 Å². The summed E-state index contributed by atoms with van der Waals surface area (Å²) in [6, 6.07) is 8.41. The monoisotopic (exact) mass is 448 g/mol. The van der Waals surface area contributed by atoms with Gasteiger partial charge in [0.25, 0.3) is 0 Å². The number of nitrogens with one attached hydrogen (secondary N) is 1. The van der Waals surface area contributed by atoms with Crippen molar-refractivity contribution in [3.8, 4) is 0 Å². The number of aromatic nitrogens is 2. The highest BCUT2D eigenvalue weighted by molar-refractivity contribution is 7.89. The van der Waals surface area contributed by atoms with Crippen molar-refractivity contribution in [3.63, 3.8) is 0 Å². The number of carboxylic acids is 1. The van der Waals surface area contributed by atoms with Crippen LogP contribution in [0.25, 0.3) is 0 Å². The minimum atomic E-state index is -5.08. The number of alkyl halides is 3. The molecule has 2 aromatic rings. The second kappa shape index (κ2) is 9.39. The van der Waals surface area contributed by atoms with E-state index in [1.165, 1.54) is 18.4 Å². The van der Waals surface area contributed by atoms with Gasteiger partial charge in [-0.15, -0.1) is 0 Å². The molecule has 0 unspecified atom stereocenters. The van der Waals surface area contributed by atoms with Crippen molar-refractivity contribution in [2.45, 2.75) is 37.3 Å². The fourth-order valence-corrected chi connectivity index (χ4v) is 2.83. The Balaban J connectivity index is 0.000000553. The molecule has 1 aromatic carbocycles. The molecule has 0 aliphatic heterocycles. The summed E-state index contributed by atoms with van der Waals surface area (Å²) in [6.45, 7) is 6.11. The predicted octanol–water partition coefficient (Wildman–Crippen LogP) is 3.40. The van der Waals surface area contributed by atoms with Gasteiger partial charge in [0.15, 0.2) is 0 Å². The molecule has 12 heteroatoms. The Kier molecular flexibility index (Phi) is 7.92. The van der Waals surface area contributed by atoms with Gasteiger partial charge in [-0.25, -0.2) is 27.5 Å². The third kappa shape index (κ3) is 7.26. The number of hydrogen-bond acceptors (Lipinski definition) is 6. The molecule has 0 radical (unpaired) electrons. The number of hydrogen-bond donors (Lipinski definition) is 2. The molecule has 2 N–H and O–H groups in total. The lowest BCUT2D eigenvalue weighted by Crippen LogP contribution is -2.22. The first-order valence-corrected chi connectivity index (χ1v) is 9.92. The number of carbonyl (C=O) groups is 1. The minimum absolute atomic E-state index is 0.159. The Hall–Kier alpha value is -2.73. The fourth-order valence-electron chi connectivity index (χ4n) is 1.88. The van der Waals surface area contributed by atoms with Gasteiger partial charge in [0.1, 0.15) is 11.6 Å². The van der Waals surface area contributed by atoms with Crippen LogP contribution in [0.2, 0.25) is 0 Å². The van der Waals surface area contributed by atoms with Crippen molar-refractivity contribution in [2.75, 3.05) is 19.4 Å². The van der Waals surface area contributed by atoms with E-state index in [4.69, 9.17) is 9.90 Å². The van der Waals surface area contributed by atoms with Gasteiger partial charge >= 0.3 is 12.1 Å². The van der Waals surface area contributed by atoms with E-state index >= 15 is 0 Å². The van der Waals surface area contributed by atoms with Gasteiger partial charge in [-0.1, -0.05) is 26.8 Å². The molecule has 0 fully saturated rings. The summed E-state index contributed by atoms with van der Waals surface area (Å²) in [5.74, 6) is -1.41. The Bertz CT molecular complexity index is 987. The molecule has 0 saturated carbocycles. The van der Waals surface area contributed by atoms with E-state index in [1.807, 2.05) is 20.8 Å². The first kappa shape index (κ1) is 25.3. The molecule has 30 heavy (non-hydrogen) atoms. The summed E-state index contributed by atoms with van der Waals surface area (Å²) in [7, 11) is -0.444. The maximum Gasteiger partial charge on any atom is 0.490 e. The van der Waals surface area contributed by atoms with Gasteiger partial charge in [-0.3, -0.25) is 0 Å². The Morgan fingerprint density at radius 2 is 1.70 bits per heavy atom. The van der Waals surface area contributed by atoms with E-state index in [9.17, 15) is 21.6 Å². The van der Waals surface area contributed by atoms with Crippen LogP contribution in [-0.2, 0) is 20.2 Å². The Labute approximate surface area is 172 Å². The van der Waals surface area contributed by atoms with Crippen LogP contribution in [-0.4, -0.2) is 54.0 Å². The molecule has 0 aliphatic carbocycles. The van der Waals surface area contributed by atoms with Gasteiger partial charge in [0.05, 0.1) is 4.90 Å². The average Bonchev–Trinajstić information content (AvgIpc) is 2.61. The van der Waals surface area contributed by atoms with Crippen LogP contribution < -0.4 is 5.32 Å². The maximum atomic E-state index is 12.2. The highest BCUT2D eigenvalue weighted by atomic mass is 32.2. The standard InChI is InChI=1S/C16H22N4O2S.C2HF3O2/c1-16(2,3)15-17-10-9-14(19-15)18-12-7-6-8-13(11-12)23(21,22)20(4)5;3-2(4,5)1(6)7/h6-11H,1-5H3,(H,17,18,19);(H,6,7). The molecule has 0 amide bonds. The zero-order valence-electron chi connectivity index (χ0n) is 17.0. The van der Waals surface area contributed by atoms with E-state index in [0.717, 1.165) is 5.82 Å². The van der Waals surface area contributed by atoms with Crippen LogP contribution in [0, 0.1) is 0 Å². The number of halogens is 3. The molecule has 166 valence electrons. The smallest absolute Gasteiger partial charge is 0.475 e. The van der Waals surface area contributed by atoms with E-state index in [-0.39, 0.29) is 10.3 Å². The molecular formula is C18H23F3N4O4S. The molecule has 0 bridgehead atoms. The molecule has 2 rings (SSSR count). The summed E-state index contributed by atoms with van der Waals surface area (Å²) < 4.78 is 57.3. The van der Waals surface area contributed by atoms with E-state index in [1.54, 1.807) is 36.5 Å². The maximum absolute atomic E-state index is 12.2. The van der Waals surface area contributed by atoms with Crippen LogP contribution in [0.15, 0.2) is 41.4 Å². The summed E-state index contributed by atoms with van der Waals surface area (Å²) in [5, 5.41) is 10.3. The largest absolute Gasteiger partial charge is 0.490 e. The van der Waals surface area contributed by atoms with Crippen molar-refractivity contribution in [2.24, 2.45) is 0 Å². The van der Waals surface area contributed by atoms with Gasteiger partial charge < -0.3 is 10.4 Å². The van der Waals surface area contributed by atoms with E-state index in [0.29, 0.717) is 11.5 Å². The normalized spacial score (nSPS) is 12.2. The second-order valence-electron chi connectivity index (χ2n) is 7.26. The predicted molar refractivity (Wildman–Crippen MR) is 105 cm³/mol. The van der Waals surface area contributed by atoms with E-state index in [2.05, 4.69) is 15.3 Å². The summed E-state index contributed by atoms with van der Waals surface area (Å²) in [6.07, 6.45) is -3.39. The zero-order valence-corrected chi connectivity index (χ0v) is 17.8. The van der Waals surface area contributed by atoms with Gasteiger partial charge in [0, 0.05) is 31.4 Å². The first-order valence-electron chi connectivity index (χ1n) is 8.48. The number of anilines is 2. The minimum Gasteiger partial charge on any atom is -0.475 e. The van der Waals surface area contributed by atoms with Crippen LogP contribution in [0.4, 0.5) is 24.7 Å². The number of benzene rings is 1. The number of sulfonamides is 1. The molecule has 0 atom stereocenters. The van der Waals surface area contributed by atoms with Gasteiger partial charge in [0.2, 0.25) is 10.0 Å². The van der Waals surface area contributed by atoms with Crippen LogP contribution in [0.1, 0.15) is 26.6 Å². The van der Waals surface area contributed by atoms with Crippen molar-refractivity contribution in [1.82, 2.24) is 14.3 Å². The molecule has 1 heterocycles. The third-order valence-electron chi connectivity index (χ3n) is 3.45. The zero-order chi connectivity index (χ0) is 23.3. The highest BCUT2D eigenvalue weighted by Gasteiger charge is 2.38. The van der Waals surface area contributed by atoms with Crippen molar-refractivity contribution >= 4 is 27.5 Å². The third-order valence-corrected chi connectivity index (χ3v) is 5.27. The Morgan fingerprint density at radius 1 is 1.13 bits per heavy atom. The van der Waals surface area contributed by atoms with E-state index < -0.39 is 22.2 Å². The van der Waals surface area contributed by atoms with Gasteiger partial charge in [-0.05, 0) is 24.3 Å². The molecule has 8 nitrogen and oxygen atoms in total. The highest BCUT2D eigenvalue weighted by Crippen LogP contribution is 2.23. The number of nitrogens with zero attached hydrogens (tertiary/aromatic N) is 3. The van der Waals surface area contributed by atoms with Crippen LogP contribution in [0.3, 0.4) is 0 Å². The lowest BCUT2D eigenvalue weighted by atomic mass is 9.96. The number of aliphatic carboxylic acids is 1. The lowest BCUT2D eigenvalue weighted by Gasteiger charge is -2.17. The number of carboxylic acid groups (broad SMARTS) is 1. The van der Waals surface area contributed by atoms with Crippen molar-refractivity contribution in [3.05, 3.63) is 42.4 Å². The Morgan fingerprint density at radius 3 is 2.17 bits per heavy atom. The quantitative estimate of drug-likeness (QED) is 0.737. The molecule has 1 aromatic heterocycles. The average molecular weight is 448 g/mol. The van der Waals surface area contributed by atoms with Crippen molar-refractivity contribution < 1.29 is 31.5 Å². The molecular weight excluding hydrogens is 425 g/mol. The van der Waals surface area contributed by atoms with Crippen LogP contribution in [0.5, 0.6) is 0 Å². The molecule has 0 spiro atoms. The molecule has 0 saturated heterocycles.